The Hall–Kier alpha value is -1.26. The van der Waals surface area contributed by atoms with Gasteiger partial charge in [-0.15, -0.1) is 0 Å². The number of anilines is 1. The van der Waals surface area contributed by atoms with Crippen LogP contribution in [0, 0.1) is 0 Å². The molecule has 4 heteroatoms. The van der Waals surface area contributed by atoms with Gasteiger partial charge in [0, 0.05) is 31.9 Å². The average Bonchev–Trinajstić information content (AvgIpc) is 2.60. The van der Waals surface area contributed by atoms with Crippen LogP contribution in [0.1, 0.15) is 6.42 Å². The Morgan fingerprint density at radius 3 is 2.82 bits per heavy atom. The average molecular weight is 236 g/mol. The maximum absolute atomic E-state index is 5.67. The van der Waals surface area contributed by atoms with Gasteiger partial charge in [0.2, 0.25) is 0 Å². The molecule has 17 heavy (non-hydrogen) atoms. The smallest absolute Gasteiger partial charge is 0.119 e. The Kier molecular flexibility index (Phi) is 4.64. The summed E-state index contributed by atoms with van der Waals surface area (Å²) in [6.07, 6.45) is 1.11. The molecule has 0 amide bonds. The molecule has 1 fully saturated rings. The van der Waals surface area contributed by atoms with Crippen molar-refractivity contribution in [1.82, 2.24) is 4.90 Å². The van der Waals surface area contributed by atoms with Crippen LogP contribution in [0.2, 0.25) is 0 Å². The van der Waals surface area contributed by atoms with Gasteiger partial charge in [-0.2, -0.15) is 0 Å². The minimum Gasteiger partial charge on any atom is -0.492 e. The van der Waals surface area contributed by atoms with Gasteiger partial charge in [-0.25, -0.2) is 0 Å². The summed E-state index contributed by atoms with van der Waals surface area (Å²) in [5.74, 6) is 0.880. The third-order valence-corrected chi connectivity index (χ3v) is 2.87. The first-order valence-corrected chi connectivity index (χ1v) is 6.13. The molecule has 1 aromatic carbocycles. The molecular weight excluding hydrogens is 216 g/mol. The van der Waals surface area contributed by atoms with Crippen LogP contribution >= 0.6 is 0 Å². The molecule has 0 saturated carbocycles. The summed E-state index contributed by atoms with van der Waals surface area (Å²) in [6.45, 7) is 5.49. The number of nitrogen functional groups attached to an aromatic ring is 1. The molecule has 1 aliphatic heterocycles. The summed E-state index contributed by atoms with van der Waals surface area (Å²) < 4.78 is 11.1. The van der Waals surface area contributed by atoms with Gasteiger partial charge in [-0.05, 0) is 30.7 Å². The van der Waals surface area contributed by atoms with Crippen molar-refractivity contribution in [3.63, 3.8) is 0 Å². The standard InChI is InChI=1S/C13H20N2O2/c14-12-2-4-13(5-3-12)17-11-8-15-6-1-9-16-10-7-15/h2-5H,1,6-11,14H2. The lowest BCUT2D eigenvalue weighted by Gasteiger charge is -2.18. The SMILES string of the molecule is Nc1ccc(OCCN2CCCOCC2)cc1. The molecule has 1 aliphatic rings. The van der Waals surface area contributed by atoms with E-state index in [0.29, 0.717) is 6.61 Å². The summed E-state index contributed by atoms with van der Waals surface area (Å²) in [6, 6.07) is 7.52. The number of nitrogens with zero attached hydrogens (tertiary/aromatic N) is 1. The molecule has 1 aromatic rings. The Morgan fingerprint density at radius 2 is 2.00 bits per heavy atom. The Bertz CT molecular complexity index is 319. The molecule has 0 aliphatic carbocycles. The van der Waals surface area contributed by atoms with Gasteiger partial charge in [0.1, 0.15) is 12.4 Å². The van der Waals surface area contributed by atoms with Crippen LogP contribution in [0.5, 0.6) is 5.75 Å². The Balaban J connectivity index is 1.69. The zero-order valence-electron chi connectivity index (χ0n) is 10.1. The van der Waals surface area contributed by atoms with Crippen LogP contribution < -0.4 is 10.5 Å². The lowest BCUT2D eigenvalue weighted by Crippen LogP contribution is -2.30. The minimum atomic E-state index is 0.712. The van der Waals surface area contributed by atoms with Gasteiger partial charge in [0.15, 0.2) is 0 Å². The fraction of sp³-hybridized carbons (Fsp3) is 0.538. The van der Waals surface area contributed by atoms with E-state index in [0.717, 1.165) is 50.7 Å². The van der Waals surface area contributed by atoms with E-state index in [1.165, 1.54) is 0 Å². The third kappa shape index (κ3) is 4.24. The van der Waals surface area contributed by atoms with Crippen molar-refractivity contribution in [3.05, 3.63) is 24.3 Å². The minimum absolute atomic E-state index is 0.712. The van der Waals surface area contributed by atoms with Crippen LogP contribution in [-0.4, -0.2) is 44.4 Å². The van der Waals surface area contributed by atoms with Crippen molar-refractivity contribution in [2.75, 3.05) is 45.2 Å². The summed E-state index contributed by atoms with van der Waals surface area (Å²) in [5, 5.41) is 0. The second kappa shape index (κ2) is 6.47. The van der Waals surface area contributed by atoms with Crippen molar-refractivity contribution in [2.24, 2.45) is 0 Å². The number of rotatable bonds is 4. The monoisotopic (exact) mass is 236 g/mol. The van der Waals surface area contributed by atoms with Crippen molar-refractivity contribution in [1.29, 1.82) is 0 Å². The maximum Gasteiger partial charge on any atom is 0.119 e. The molecule has 0 radical (unpaired) electrons. The molecule has 2 N–H and O–H groups in total. The molecule has 0 spiro atoms. The first-order chi connectivity index (χ1) is 8.34. The first kappa shape index (κ1) is 12.2. The predicted octanol–water partition coefficient (Wildman–Crippen LogP) is 1.37. The lowest BCUT2D eigenvalue weighted by molar-refractivity contribution is 0.137. The van der Waals surface area contributed by atoms with Gasteiger partial charge in [0.25, 0.3) is 0 Å². The fourth-order valence-corrected chi connectivity index (χ4v) is 1.88. The van der Waals surface area contributed by atoms with Gasteiger partial charge < -0.3 is 15.2 Å². The maximum atomic E-state index is 5.67. The zero-order valence-corrected chi connectivity index (χ0v) is 10.1. The molecule has 0 bridgehead atoms. The van der Waals surface area contributed by atoms with Crippen LogP contribution in [-0.2, 0) is 4.74 Å². The normalized spacial score (nSPS) is 17.6. The Labute approximate surface area is 102 Å². The van der Waals surface area contributed by atoms with E-state index >= 15 is 0 Å². The van der Waals surface area contributed by atoms with Crippen molar-refractivity contribution >= 4 is 5.69 Å². The van der Waals surface area contributed by atoms with Gasteiger partial charge in [-0.3, -0.25) is 4.90 Å². The molecule has 2 rings (SSSR count). The summed E-state index contributed by atoms with van der Waals surface area (Å²) in [4.78, 5) is 2.38. The molecule has 1 saturated heterocycles. The van der Waals surface area contributed by atoms with Gasteiger partial charge in [-0.1, -0.05) is 0 Å². The lowest BCUT2D eigenvalue weighted by atomic mass is 10.3. The number of hydrogen-bond donors (Lipinski definition) is 1. The number of ether oxygens (including phenoxy) is 2. The van der Waals surface area contributed by atoms with Crippen LogP contribution in [0.25, 0.3) is 0 Å². The zero-order chi connectivity index (χ0) is 11.9. The molecule has 4 nitrogen and oxygen atoms in total. The summed E-state index contributed by atoms with van der Waals surface area (Å²) in [5.41, 5.74) is 6.38. The largest absolute Gasteiger partial charge is 0.492 e. The van der Waals surface area contributed by atoms with E-state index in [-0.39, 0.29) is 0 Å². The molecule has 1 heterocycles. The molecule has 0 unspecified atom stereocenters. The van der Waals surface area contributed by atoms with Crippen LogP contribution in [0.4, 0.5) is 5.69 Å². The first-order valence-electron chi connectivity index (χ1n) is 6.13. The van der Waals surface area contributed by atoms with E-state index in [2.05, 4.69) is 4.90 Å². The van der Waals surface area contributed by atoms with E-state index in [1.807, 2.05) is 24.3 Å². The highest BCUT2D eigenvalue weighted by Gasteiger charge is 2.08. The van der Waals surface area contributed by atoms with Crippen LogP contribution in [0.3, 0.4) is 0 Å². The fourth-order valence-electron chi connectivity index (χ4n) is 1.88. The van der Waals surface area contributed by atoms with Gasteiger partial charge >= 0.3 is 0 Å². The van der Waals surface area contributed by atoms with E-state index in [4.69, 9.17) is 15.2 Å². The van der Waals surface area contributed by atoms with Crippen molar-refractivity contribution in [3.8, 4) is 5.75 Å². The second-order valence-electron chi connectivity index (χ2n) is 4.23. The quantitative estimate of drug-likeness (QED) is 0.802. The second-order valence-corrected chi connectivity index (χ2v) is 4.23. The summed E-state index contributed by atoms with van der Waals surface area (Å²) >= 11 is 0. The van der Waals surface area contributed by atoms with Crippen molar-refractivity contribution < 1.29 is 9.47 Å². The molecular formula is C13H20N2O2. The Morgan fingerprint density at radius 1 is 1.18 bits per heavy atom. The van der Waals surface area contributed by atoms with E-state index in [9.17, 15) is 0 Å². The topological polar surface area (TPSA) is 47.7 Å². The van der Waals surface area contributed by atoms with E-state index in [1.54, 1.807) is 0 Å². The number of benzene rings is 1. The molecule has 0 aromatic heterocycles. The third-order valence-electron chi connectivity index (χ3n) is 2.87. The molecule has 0 atom stereocenters. The molecule has 94 valence electrons. The number of hydrogen-bond acceptors (Lipinski definition) is 4. The van der Waals surface area contributed by atoms with E-state index < -0.39 is 0 Å². The van der Waals surface area contributed by atoms with Crippen molar-refractivity contribution in [2.45, 2.75) is 6.42 Å². The highest BCUT2D eigenvalue weighted by molar-refractivity contribution is 5.41. The van der Waals surface area contributed by atoms with Crippen LogP contribution in [0.15, 0.2) is 24.3 Å². The van der Waals surface area contributed by atoms with Gasteiger partial charge in [0.05, 0.1) is 6.61 Å². The highest BCUT2D eigenvalue weighted by atomic mass is 16.5. The number of nitrogens with two attached hydrogens (primary N) is 1. The highest BCUT2D eigenvalue weighted by Crippen LogP contribution is 2.12. The summed E-state index contributed by atoms with van der Waals surface area (Å²) in [7, 11) is 0. The predicted molar refractivity (Wildman–Crippen MR) is 68.2 cm³/mol.